The molecule has 0 aliphatic heterocycles. The van der Waals surface area contributed by atoms with E-state index in [0.717, 1.165) is 12.1 Å². The molecule has 0 unspecified atom stereocenters. The zero-order valence-electron chi connectivity index (χ0n) is 12.4. The van der Waals surface area contributed by atoms with Crippen LogP contribution >= 0.6 is 12.4 Å². The fourth-order valence-electron chi connectivity index (χ4n) is 1.63. The van der Waals surface area contributed by atoms with Gasteiger partial charge in [0.25, 0.3) is 0 Å². The van der Waals surface area contributed by atoms with Crippen molar-refractivity contribution in [2.45, 2.75) is 25.7 Å². The van der Waals surface area contributed by atoms with E-state index >= 15 is 0 Å². The Hall–Kier alpha value is -1.15. The molecule has 3 N–H and O–H groups in total. The number of halogens is 1. The van der Waals surface area contributed by atoms with Crippen molar-refractivity contribution in [1.82, 2.24) is 10.0 Å². The van der Waals surface area contributed by atoms with E-state index in [1.165, 1.54) is 19.1 Å². The molecule has 8 heteroatoms. The van der Waals surface area contributed by atoms with E-state index in [0.29, 0.717) is 18.8 Å². The molecule has 1 aromatic rings. The first-order chi connectivity index (χ1) is 9.36. The molecule has 6 nitrogen and oxygen atoms in total. The van der Waals surface area contributed by atoms with Crippen molar-refractivity contribution >= 4 is 34.0 Å². The third kappa shape index (κ3) is 6.43. The summed E-state index contributed by atoms with van der Waals surface area (Å²) in [5.74, 6) is -0.234. The number of nitrogens with one attached hydrogen (secondary N) is 3. The molecule has 1 aromatic carbocycles. The third-order valence-corrected chi connectivity index (χ3v) is 4.13. The molecule has 120 valence electrons. The minimum absolute atomic E-state index is 0. The van der Waals surface area contributed by atoms with Crippen molar-refractivity contribution in [2.24, 2.45) is 0 Å². The van der Waals surface area contributed by atoms with E-state index < -0.39 is 10.0 Å². The van der Waals surface area contributed by atoms with Gasteiger partial charge in [-0.3, -0.25) is 4.79 Å². The van der Waals surface area contributed by atoms with Crippen molar-refractivity contribution in [1.29, 1.82) is 0 Å². The van der Waals surface area contributed by atoms with Crippen LogP contribution in [0.25, 0.3) is 0 Å². The normalized spacial score (nSPS) is 10.8. The smallest absolute Gasteiger partial charge is 0.240 e. The Balaban J connectivity index is 0.00000400. The summed E-state index contributed by atoms with van der Waals surface area (Å²) in [5, 5.41) is 5.65. The van der Waals surface area contributed by atoms with Crippen LogP contribution in [0, 0.1) is 6.92 Å². The highest BCUT2D eigenvalue weighted by molar-refractivity contribution is 7.89. The maximum atomic E-state index is 12.1. The van der Waals surface area contributed by atoms with Crippen molar-refractivity contribution in [3.05, 3.63) is 23.8 Å². The summed E-state index contributed by atoms with van der Waals surface area (Å²) < 4.78 is 26.7. The maximum absolute atomic E-state index is 12.1. The van der Waals surface area contributed by atoms with E-state index in [4.69, 9.17) is 0 Å². The molecule has 0 atom stereocenters. The van der Waals surface area contributed by atoms with Crippen LogP contribution in [0.15, 0.2) is 23.1 Å². The zero-order valence-corrected chi connectivity index (χ0v) is 14.0. The van der Waals surface area contributed by atoms with Gasteiger partial charge in [-0.1, -0.05) is 13.0 Å². The van der Waals surface area contributed by atoms with E-state index in [1.807, 2.05) is 6.92 Å². The number of carbonyl (C=O) groups is 1. The van der Waals surface area contributed by atoms with Crippen molar-refractivity contribution < 1.29 is 13.2 Å². The van der Waals surface area contributed by atoms with Gasteiger partial charge in [0, 0.05) is 25.7 Å². The number of likely N-dealkylation sites (N-methyl/N-ethyl adjacent to an activating group) is 1. The highest BCUT2D eigenvalue weighted by Crippen LogP contribution is 2.20. The summed E-state index contributed by atoms with van der Waals surface area (Å²) in [6.07, 6.45) is 0. The Kier molecular flexibility index (Phi) is 8.50. The number of carbonyl (C=O) groups excluding carboxylic acids is 1. The first-order valence-electron chi connectivity index (χ1n) is 6.45. The van der Waals surface area contributed by atoms with Crippen molar-refractivity contribution in [2.75, 3.05) is 25.0 Å². The molecular weight excluding hydrogens is 314 g/mol. The minimum atomic E-state index is -3.56. The first-order valence-corrected chi connectivity index (χ1v) is 7.93. The third-order valence-electron chi connectivity index (χ3n) is 2.67. The number of anilines is 1. The molecule has 1 rings (SSSR count). The van der Waals surface area contributed by atoms with Crippen LogP contribution in [-0.4, -0.2) is 34.0 Å². The number of aryl methyl sites for hydroxylation is 1. The monoisotopic (exact) mass is 335 g/mol. The Morgan fingerprint density at radius 1 is 1.24 bits per heavy atom. The average molecular weight is 336 g/mol. The van der Waals surface area contributed by atoms with Crippen LogP contribution in [0.5, 0.6) is 0 Å². The van der Waals surface area contributed by atoms with E-state index in [-0.39, 0.29) is 23.2 Å². The van der Waals surface area contributed by atoms with Crippen molar-refractivity contribution in [3.8, 4) is 0 Å². The van der Waals surface area contributed by atoms with Gasteiger partial charge in [0.15, 0.2) is 0 Å². The Morgan fingerprint density at radius 3 is 2.48 bits per heavy atom. The van der Waals surface area contributed by atoms with Gasteiger partial charge in [0.1, 0.15) is 0 Å². The van der Waals surface area contributed by atoms with E-state index in [1.54, 1.807) is 13.0 Å². The summed E-state index contributed by atoms with van der Waals surface area (Å²) in [6, 6.07) is 4.66. The standard InChI is InChI=1S/C13H21N3O3S.ClH/c1-4-14-7-8-15-20(18,19)12-6-5-10(2)13(9-12)16-11(3)17;/h5-6,9,14-15H,4,7-8H2,1-3H3,(H,16,17);1H. The summed E-state index contributed by atoms with van der Waals surface area (Å²) in [7, 11) is -3.56. The summed E-state index contributed by atoms with van der Waals surface area (Å²) >= 11 is 0. The van der Waals surface area contributed by atoms with Crippen LogP contribution in [0.3, 0.4) is 0 Å². The summed E-state index contributed by atoms with van der Waals surface area (Å²) in [5.41, 5.74) is 1.32. The SMILES string of the molecule is CCNCCNS(=O)(=O)c1ccc(C)c(NC(C)=O)c1.Cl. The molecule has 0 heterocycles. The highest BCUT2D eigenvalue weighted by atomic mass is 35.5. The number of rotatable bonds is 7. The molecule has 0 saturated heterocycles. The molecule has 0 aliphatic rings. The fourth-order valence-corrected chi connectivity index (χ4v) is 2.68. The summed E-state index contributed by atoms with van der Waals surface area (Å²) in [4.78, 5) is 11.2. The van der Waals surface area contributed by atoms with Gasteiger partial charge in [-0.05, 0) is 31.2 Å². The first kappa shape index (κ1) is 19.9. The molecule has 1 amide bonds. The van der Waals surface area contributed by atoms with Crippen LogP contribution in [0.4, 0.5) is 5.69 Å². The zero-order chi connectivity index (χ0) is 15.2. The minimum Gasteiger partial charge on any atom is -0.326 e. The number of amides is 1. The lowest BCUT2D eigenvalue weighted by atomic mass is 10.2. The summed E-state index contributed by atoms with van der Waals surface area (Å²) in [6.45, 7) is 6.82. The van der Waals surface area contributed by atoms with Gasteiger partial charge in [0.05, 0.1) is 4.90 Å². The molecule has 0 bridgehead atoms. The molecule has 0 spiro atoms. The highest BCUT2D eigenvalue weighted by Gasteiger charge is 2.15. The van der Waals surface area contributed by atoms with Crippen LogP contribution in [0.2, 0.25) is 0 Å². The lowest BCUT2D eigenvalue weighted by Crippen LogP contribution is -2.31. The average Bonchev–Trinajstić information content (AvgIpc) is 2.36. The molecule has 0 aromatic heterocycles. The van der Waals surface area contributed by atoms with Crippen LogP contribution < -0.4 is 15.4 Å². The maximum Gasteiger partial charge on any atom is 0.240 e. The number of hydrogen-bond acceptors (Lipinski definition) is 4. The molecular formula is C13H22ClN3O3S. The number of hydrogen-bond donors (Lipinski definition) is 3. The number of benzene rings is 1. The Labute approximate surface area is 132 Å². The lowest BCUT2D eigenvalue weighted by molar-refractivity contribution is -0.114. The van der Waals surface area contributed by atoms with Gasteiger partial charge in [-0.25, -0.2) is 13.1 Å². The Bertz CT molecular complexity index is 576. The van der Waals surface area contributed by atoms with Gasteiger partial charge >= 0.3 is 0 Å². The second-order valence-corrected chi connectivity index (χ2v) is 6.18. The van der Waals surface area contributed by atoms with Crippen LogP contribution in [0.1, 0.15) is 19.4 Å². The lowest BCUT2D eigenvalue weighted by Gasteiger charge is -2.11. The van der Waals surface area contributed by atoms with Gasteiger partial charge in [-0.15, -0.1) is 12.4 Å². The number of sulfonamides is 1. The van der Waals surface area contributed by atoms with Crippen LogP contribution in [-0.2, 0) is 14.8 Å². The van der Waals surface area contributed by atoms with Crippen molar-refractivity contribution in [3.63, 3.8) is 0 Å². The predicted octanol–water partition coefficient (Wildman–Crippen LogP) is 1.26. The quantitative estimate of drug-likeness (QED) is 0.655. The van der Waals surface area contributed by atoms with E-state index in [2.05, 4.69) is 15.4 Å². The largest absolute Gasteiger partial charge is 0.326 e. The fraction of sp³-hybridized carbons (Fsp3) is 0.462. The topological polar surface area (TPSA) is 87.3 Å². The molecule has 0 fully saturated rings. The van der Waals surface area contributed by atoms with Gasteiger partial charge in [0.2, 0.25) is 15.9 Å². The second-order valence-electron chi connectivity index (χ2n) is 4.41. The van der Waals surface area contributed by atoms with Gasteiger partial charge < -0.3 is 10.6 Å². The van der Waals surface area contributed by atoms with Gasteiger partial charge in [-0.2, -0.15) is 0 Å². The Morgan fingerprint density at radius 2 is 1.90 bits per heavy atom. The van der Waals surface area contributed by atoms with E-state index in [9.17, 15) is 13.2 Å². The molecule has 21 heavy (non-hydrogen) atoms. The molecule has 0 aliphatic carbocycles. The molecule has 0 radical (unpaired) electrons. The molecule has 0 saturated carbocycles. The second kappa shape index (κ2) is 8.99. The predicted molar refractivity (Wildman–Crippen MR) is 86.5 cm³/mol.